The van der Waals surface area contributed by atoms with Gasteiger partial charge in [-0.1, -0.05) is 5.21 Å². The van der Waals surface area contributed by atoms with E-state index in [1.807, 2.05) is 19.3 Å². The van der Waals surface area contributed by atoms with Crippen molar-refractivity contribution in [2.45, 2.75) is 57.7 Å². The molecule has 2 aliphatic rings. The Morgan fingerprint density at radius 2 is 2.12 bits per heavy atom. The van der Waals surface area contributed by atoms with Gasteiger partial charge in [0.2, 0.25) is 0 Å². The molecule has 2 aromatic heterocycles. The molecule has 128 valence electrons. The molecule has 0 amide bonds. The first-order chi connectivity index (χ1) is 11.7. The summed E-state index contributed by atoms with van der Waals surface area (Å²) in [5.74, 6) is 0. The molecule has 0 aromatic carbocycles. The van der Waals surface area contributed by atoms with Gasteiger partial charge in [0.1, 0.15) is 0 Å². The van der Waals surface area contributed by atoms with Gasteiger partial charge in [-0.15, -0.1) is 5.10 Å². The molecule has 0 N–H and O–H groups in total. The second kappa shape index (κ2) is 6.47. The maximum absolute atomic E-state index is 12.4. The Labute approximate surface area is 141 Å². The van der Waals surface area contributed by atoms with E-state index in [4.69, 9.17) is 0 Å². The van der Waals surface area contributed by atoms with E-state index in [2.05, 4.69) is 20.3 Å². The summed E-state index contributed by atoms with van der Waals surface area (Å²) in [6.45, 7) is 2.51. The van der Waals surface area contributed by atoms with E-state index in [1.54, 1.807) is 9.36 Å². The summed E-state index contributed by atoms with van der Waals surface area (Å²) in [4.78, 5) is 14.8. The van der Waals surface area contributed by atoms with Crippen molar-refractivity contribution in [3.05, 3.63) is 39.6 Å². The van der Waals surface area contributed by atoms with Crippen molar-refractivity contribution in [1.29, 1.82) is 0 Å². The Kier molecular flexibility index (Phi) is 4.18. The van der Waals surface area contributed by atoms with Crippen LogP contribution in [0.3, 0.4) is 0 Å². The molecule has 0 spiro atoms. The van der Waals surface area contributed by atoms with Crippen LogP contribution in [0.1, 0.15) is 42.6 Å². The molecule has 4 rings (SSSR count). The zero-order chi connectivity index (χ0) is 16.5. The van der Waals surface area contributed by atoms with Gasteiger partial charge in [-0.25, -0.2) is 4.68 Å². The van der Waals surface area contributed by atoms with Crippen LogP contribution in [0.25, 0.3) is 0 Å². The van der Waals surface area contributed by atoms with Crippen molar-refractivity contribution in [3.63, 3.8) is 0 Å². The van der Waals surface area contributed by atoms with E-state index in [-0.39, 0.29) is 5.56 Å². The average Bonchev–Trinajstić information content (AvgIpc) is 3.18. The molecule has 1 saturated heterocycles. The largest absolute Gasteiger partial charge is 0.293 e. The van der Waals surface area contributed by atoms with Gasteiger partial charge in [-0.3, -0.25) is 14.4 Å². The van der Waals surface area contributed by atoms with Crippen molar-refractivity contribution in [2.75, 3.05) is 6.54 Å². The normalized spacial score (nSPS) is 21.1. The number of aryl methyl sites for hydroxylation is 3. The third-order valence-electron chi connectivity index (χ3n) is 5.17. The van der Waals surface area contributed by atoms with Crippen LogP contribution >= 0.6 is 0 Å². The van der Waals surface area contributed by atoms with Crippen LogP contribution in [0.4, 0.5) is 0 Å². The summed E-state index contributed by atoms with van der Waals surface area (Å²) in [5, 5.41) is 12.9. The molecule has 24 heavy (non-hydrogen) atoms. The molecular formula is C17H24N6O. The topological polar surface area (TPSA) is 68.8 Å². The zero-order valence-electron chi connectivity index (χ0n) is 14.2. The predicted octanol–water partition coefficient (Wildman–Crippen LogP) is 0.915. The molecule has 1 atom stereocenters. The standard InChI is InChI=1S/C17H24N6O/c1-21-10-14(18-20-21)11-22-8-4-6-15(22)12-23-17(24)9-13-5-2-3-7-16(13)19-23/h9-10,15H,2-8,11-12H2,1H3. The number of hydrogen-bond donors (Lipinski definition) is 0. The van der Waals surface area contributed by atoms with Crippen molar-refractivity contribution in [3.8, 4) is 0 Å². The Balaban J connectivity index is 1.50. The predicted molar refractivity (Wildman–Crippen MR) is 89.6 cm³/mol. The fraction of sp³-hybridized carbons (Fsp3) is 0.647. The van der Waals surface area contributed by atoms with Gasteiger partial charge >= 0.3 is 0 Å². The second-order valence-corrected chi connectivity index (χ2v) is 6.99. The maximum atomic E-state index is 12.4. The monoisotopic (exact) mass is 328 g/mol. The highest BCUT2D eigenvalue weighted by Gasteiger charge is 2.26. The van der Waals surface area contributed by atoms with Crippen molar-refractivity contribution < 1.29 is 0 Å². The lowest BCUT2D eigenvalue weighted by Gasteiger charge is -2.24. The van der Waals surface area contributed by atoms with Gasteiger partial charge in [-0.05, 0) is 50.6 Å². The fourth-order valence-corrected chi connectivity index (χ4v) is 3.92. The summed E-state index contributed by atoms with van der Waals surface area (Å²) in [6.07, 6.45) is 8.58. The van der Waals surface area contributed by atoms with E-state index in [0.29, 0.717) is 12.6 Å². The first-order valence-electron chi connectivity index (χ1n) is 8.88. The van der Waals surface area contributed by atoms with E-state index in [0.717, 1.165) is 55.7 Å². The summed E-state index contributed by atoms with van der Waals surface area (Å²) < 4.78 is 3.42. The van der Waals surface area contributed by atoms with Crippen LogP contribution in [0, 0.1) is 0 Å². The van der Waals surface area contributed by atoms with Crippen LogP contribution in [-0.2, 0) is 33.0 Å². The average molecular weight is 328 g/mol. The van der Waals surface area contributed by atoms with E-state index in [9.17, 15) is 4.79 Å². The van der Waals surface area contributed by atoms with Crippen LogP contribution in [-0.4, -0.2) is 42.3 Å². The molecule has 7 nitrogen and oxygen atoms in total. The maximum Gasteiger partial charge on any atom is 0.267 e. The Morgan fingerprint density at radius 1 is 1.25 bits per heavy atom. The number of aromatic nitrogens is 5. The lowest BCUT2D eigenvalue weighted by Crippen LogP contribution is -2.37. The van der Waals surface area contributed by atoms with Crippen molar-refractivity contribution >= 4 is 0 Å². The number of fused-ring (bicyclic) bond motifs is 1. The summed E-state index contributed by atoms with van der Waals surface area (Å²) >= 11 is 0. The third kappa shape index (κ3) is 3.13. The summed E-state index contributed by atoms with van der Waals surface area (Å²) in [6, 6.07) is 2.16. The molecule has 3 heterocycles. The molecule has 1 aliphatic carbocycles. The number of hydrogen-bond acceptors (Lipinski definition) is 5. The molecule has 7 heteroatoms. The SMILES string of the molecule is Cn1cc(CN2CCCC2Cn2nc3c(cc2=O)CCCC3)nn1. The van der Waals surface area contributed by atoms with Gasteiger partial charge < -0.3 is 0 Å². The van der Waals surface area contributed by atoms with Gasteiger partial charge in [0.15, 0.2) is 0 Å². The lowest BCUT2D eigenvalue weighted by atomic mass is 9.97. The van der Waals surface area contributed by atoms with E-state index < -0.39 is 0 Å². The minimum atomic E-state index is 0.0435. The number of nitrogens with zero attached hydrogens (tertiary/aromatic N) is 6. The van der Waals surface area contributed by atoms with E-state index in [1.165, 1.54) is 12.8 Å². The highest BCUT2D eigenvalue weighted by molar-refractivity contribution is 5.20. The molecule has 2 aromatic rings. The lowest BCUT2D eigenvalue weighted by molar-refractivity contribution is 0.213. The van der Waals surface area contributed by atoms with Crippen molar-refractivity contribution in [2.24, 2.45) is 7.05 Å². The highest BCUT2D eigenvalue weighted by Crippen LogP contribution is 2.21. The summed E-state index contributed by atoms with van der Waals surface area (Å²) in [5.41, 5.74) is 3.31. The molecular weight excluding hydrogens is 304 g/mol. The molecule has 0 saturated carbocycles. The Hall–Kier alpha value is -2.02. The summed E-state index contributed by atoms with van der Waals surface area (Å²) in [7, 11) is 1.88. The van der Waals surface area contributed by atoms with Crippen molar-refractivity contribution in [1.82, 2.24) is 29.7 Å². The molecule has 1 unspecified atom stereocenters. The first-order valence-corrected chi connectivity index (χ1v) is 8.88. The molecule has 0 bridgehead atoms. The van der Waals surface area contributed by atoms with Crippen LogP contribution < -0.4 is 5.56 Å². The van der Waals surface area contributed by atoms with E-state index >= 15 is 0 Å². The van der Waals surface area contributed by atoms with Gasteiger partial charge in [0.05, 0.1) is 17.9 Å². The minimum absolute atomic E-state index is 0.0435. The van der Waals surface area contributed by atoms with Crippen LogP contribution in [0.15, 0.2) is 17.1 Å². The fourth-order valence-electron chi connectivity index (χ4n) is 3.92. The number of likely N-dealkylation sites (tertiary alicyclic amines) is 1. The zero-order valence-corrected chi connectivity index (χ0v) is 14.2. The third-order valence-corrected chi connectivity index (χ3v) is 5.17. The Morgan fingerprint density at radius 3 is 2.96 bits per heavy atom. The minimum Gasteiger partial charge on any atom is -0.293 e. The highest BCUT2D eigenvalue weighted by atomic mass is 16.1. The van der Waals surface area contributed by atoms with Gasteiger partial charge in [0, 0.05) is 31.9 Å². The second-order valence-electron chi connectivity index (χ2n) is 6.99. The molecule has 1 aliphatic heterocycles. The molecule has 1 fully saturated rings. The van der Waals surface area contributed by atoms with Crippen LogP contribution in [0.5, 0.6) is 0 Å². The first kappa shape index (κ1) is 15.5. The number of rotatable bonds is 4. The quantitative estimate of drug-likeness (QED) is 0.835. The van der Waals surface area contributed by atoms with Crippen LogP contribution in [0.2, 0.25) is 0 Å². The Bertz CT molecular complexity index is 780. The van der Waals surface area contributed by atoms with Gasteiger partial charge in [-0.2, -0.15) is 5.10 Å². The van der Waals surface area contributed by atoms with Gasteiger partial charge in [0.25, 0.3) is 5.56 Å². The smallest absolute Gasteiger partial charge is 0.267 e. The molecule has 0 radical (unpaired) electrons.